The Morgan fingerprint density at radius 2 is 1.92 bits per heavy atom. The molecule has 0 saturated carbocycles. The first kappa shape index (κ1) is 20.1. The Bertz CT molecular complexity index is 754. The van der Waals surface area contributed by atoms with Crippen LogP contribution in [-0.2, 0) is 14.3 Å². The maximum atomic E-state index is 12.8. The summed E-state index contributed by atoms with van der Waals surface area (Å²) in [6, 6.07) is 14.3. The van der Waals surface area contributed by atoms with Crippen molar-refractivity contribution in [2.45, 2.75) is 12.2 Å². The standard InChI is InChI=1S/C19H20ClNO4S/c1-3-25-17(22)12-26-18(13-7-5-4-6-8-13)19(23)21-14-9-10-16(24-2)15(20)11-14/h4-11,18H,3,12H2,1-2H3,(H,21,23)/t18-/m0/s1. The largest absolute Gasteiger partial charge is 0.495 e. The zero-order valence-electron chi connectivity index (χ0n) is 14.5. The number of methoxy groups -OCH3 is 1. The zero-order chi connectivity index (χ0) is 18.9. The summed E-state index contributed by atoms with van der Waals surface area (Å²) in [6.45, 7) is 2.06. The van der Waals surface area contributed by atoms with Crippen LogP contribution in [0.1, 0.15) is 17.7 Å². The Kier molecular flexibility index (Phi) is 7.81. The summed E-state index contributed by atoms with van der Waals surface area (Å²) in [4.78, 5) is 24.5. The number of ether oxygens (including phenoxy) is 2. The first-order chi connectivity index (χ1) is 12.5. The summed E-state index contributed by atoms with van der Waals surface area (Å²) in [7, 11) is 1.52. The number of thioether (sulfide) groups is 1. The van der Waals surface area contributed by atoms with Crippen molar-refractivity contribution in [1.29, 1.82) is 0 Å². The highest BCUT2D eigenvalue weighted by Gasteiger charge is 2.23. The lowest BCUT2D eigenvalue weighted by Crippen LogP contribution is -2.20. The molecular formula is C19H20ClNO4S. The van der Waals surface area contributed by atoms with Crippen LogP contribution in [0.25, 0.3) is 0 Å². The number of amides is 1. The van der Waals surface area contributed by atoms with Gasteiger partial charge in [0.15, 0.2) is 0 Å². The van der Waals surface area contributed by atoms with Gasteiger partial charge in [0.1, 0.15) is 11.0 Å². The first-order valence-electron chi connectivity index (χ1n) is 8.01. The number of rotatable bonds is 8. The van der Waals surface area contributed by atoms with Crippen molar-refractivity contribution in [2.24, 2.45) is 0 Å². The molecule has 7 heteroatoms. The van der Waals surface area contributed by atoms with Gasteiger partial charge in [0, 0.05) is 5.69 Å². The molecule has 1 N–H and O–H groups in total. The molecule has 0 aliphatic rings. The zero-order valence-corrected chi connectivity index (χ0v) is 16.1. The quantitative estimate of drug-likeness (QED) is 0.676. The molecule has 0 bridgehead atoms. The predicted molar refractivity (Wildman–Crippen MR) is 105 cm³/mol. The number of esters is 1. The number of anilines is 1. The Morgan fingerprint density at radius 3 is 2.54 bits per heavy atom. The average molecular weight is 394 g/mol. The van der Waals surface area contributed by atoms with Crippen LogP contribution < -0.4 is 10.1 Å². The molecule has 0 aliphatic carbocycles. The highest BCUT2D eigenvalue weighted by molar-refractivity contribution is 8.00. The van der Waals surface area contributed by atoms with Gasteiger partial charge in [0.2, 0.25) is 5.91 Å². The molecular weight excluding hydrogens is 374 g/mol. The lowest BCUT2D eigenvalue weighted by molar-refractivity contribution is -0.139. The van der Waals surface area contributed by atoms with Gasteiger partial charge in [0.05, 0.1) is 24.5 Å². The van der Waals surface area contributed by atoms with E-state index in [9.17, 15) is 9.59 Å². The average Bonchev–Trinajstić information content (AvgIpc) is 2.63. The number of halogens is 1. The molecule has 1 atom stereocenters. The Labute approximate surface area is 162 Å². The van der Waals surface area contributed by atoms with Crippen molar-refractivity contribution in [3.63, 3.8) is 0 Å². The number of nitrogens with one attached hydrogen (secondary N) is 1. The smallest absolute Gasteiger partial charge is 0.315 e. The van der Waals surface area contributed by atoms with Crippen molar-refractivity contribution in [2.75, 3.05) is 24.8 Å². The summed E-state index contributed by atoms with van der Waals surface area (Å²) < 4.78 is 10.1. The van der Waals surface area contributed by atoms with Crippen LogP contribution in [0.15, 0.2) is 48.5 Å². The third kappa shape index (κ3) is 5.68. The molecule has 0 heterocycles. The van der Waals surface area contributed by atoms with Gasteiger partial charge in [-0.1, -0.05) is 41.9 Å². The van der Waals surface area contributed by atoms with E-state index < -0.39 is 5.25 Å². The molecule has 0 fully saturated rings. The normalized spacial score (nSPS) is 11.5. The molecule has 5 nitrogen and oxygen atoms in total. The van der Waals surface area contributed by atoms with Crippen LogP contribution in [0.3, 0.4) is 0 Å². The van der Waals surface area contributed by atoms with Crippen molar-refractivity contribution in [3.8, 4) is 5.75 Å². The van der Waals surface area contributed by atoms with Crippen LogP contribution in [0, 0.1) is 0 Å². The van der Waals surface area contributed by atoms with Crippen molar-refractivity contribution in [1.82, 2.24) is 0 Å². The number of benzene rings is 2. The molecule has 0 radical (unpaired) electrons. The second kappa shape index (κ2) is 10.1. The fraction of sp³-hybridized carbons (Fsp3) is 0.263. The molecule has 0 aromatic heterocycles. The molecule has 2 rings (SSSR count). The topological polar surface area (TPSA) is 64.6 Å². The summed E-state index contributed by atoms with van der Waals surface area (Å²) in [5, 5.41) is 2.69. The second-order valence-electron chi connectivity index (χ2n) is 5.25. The summed E-state index contributed by atoms with van der Waals surface area (Å²) in [6.07, 6.45) is 0. The molecule has 0 unspecified atom stereocenters. The predicted octanol–water partition coefficient (Wildman–Crippen LogP) is 4.32. The lowest BCUT2D eigenvalue weighted by Gasteiger charge is -2.17. The van der Waals surface area contributed by atoms with E-state index in [4.69, 9.17) is 21.1 Å². The van der Waals surface area contributed by atoms with Gasteiger partial charge in [-0.15, -0.1) is 11.8 Å². The van der Waals surface area contributed by atoms with Crippen LogP contribution >= 0.6 is 23.4 Å². The summed E-state index contributed by atoms with van der Waals surface area (Å²) >= 11 is 7.32. The maximum absolute atomic E-state index is 12.8. The molecule has 2 aromatic carbocycles. The minimum absolute atomic E-state index is 0.0875. The summed E-state index contributed by atoms with van der Waals surface area (Å²) in [5.41, 5.74) is 1.36. The van der Waals surface area contributed by atoms with Crippen molar-refractivity contribution >= 4 is 40.9 Å². The van der Waals surface area contributed by atoms with Gasteiger partial charge in [-0.05, 0) is 30.7 Å². The Morgan fingerprint density at radius 1 is 1.19 bits per heavy atom. The highest BCUT2D eigenvalue weighted by Crippen LogP contribution is 2.32. The number of hydrogen-bond donors (Lipinski definition) is 1. The van der Waals surface area contributed by atoms with Crippen LogP contribution in [0.2, 0.25) is 5.02 Å². The fourth-order valence-corrected chi connectivity index (χ4v) is 3.46. The van der Waals surface area contributed by atoms with E-state index in [1.807, 2.05) is 30.3 Å². The minimum atomic E-state index is -0.554. The van der Waals surface area contributed by atoms with Gasteiger partial charge in [0.25, 0.3) is 0 Å². The van der Waals surface area contributed by atoms with Crippen molar-refractivity contribution < 1.29 is 19.1 Å². The fourth-order valence-electron chi connectivity index (χ4n) is 2.26. The molecule has 26 heavy (non-hydrogen) atoms. The lowest BCUT2D eigenvalue weighted by atomic mass is 10.1. The maximum Gasteiger partial charge on any atom is 0.315 e. The molecule has 0 saturated heterocycles. The molecule has 0 spiro atoms. The SMILES string of the molecule is CCOC(=O)CS[C@H](C(=O)Nc1ccc(OC)c(Cl)c1)c1ccccc1. The van der Waals surface area contributed by atoms with Crippen LogP contribution in [-0.4, -0.2) is 31.3 Å². The van der Waals surface area contributed by atoms with Gasteiger partial charge in [-0.3, -0.25) is 9.59 Å². The van der Waals surface area contributed by atoms with E-state index in [1.54, 1.807) is 25.1 Å². The van der Waals surface area contributed by atoms with E-state index in [2.05, 4.69) is 5.32 Å². The van der Waals surface area contributed by atoms with Gasteiger partial charge >= 0.3 is 5.97 Å². The van der Waals surface area contributed by atoms with E-state index in [0.29, 0.717) is 23.1 Å². The molecule has 2 aromatic rings. The van der Waals surface area contributed by atoms with Crippen LogP contribution in [0.5, 0.6) is 5.75 Å². The first-order valence-corrected chi connectivity index (χ1v) is 9.44. The minimum Gasteiger partial charge on any atom is -0.495 e. The van der Waals surface area contributed by atoms with Crippen LogP contribution in [0.4, 0.5) is 5.69 Å². The Balaban J connectivity index is 2.14. The van der Waals surface area contributed by atoms with Gasteiger partial charge < -0.3 is 14.8 Å². The van der Waals surface area contributed by atoms with Crippen molar-refractivity contribution in [3.05, 3.63) is 59.1 Å². The highest BCUT2D eigenvalue weighted by atomic mass is 35.5. The number of carbonyl (C=O) groups is 2. The number of hydrogen-bond acceptors (Lipinski definition) is 5. The molecule has 0 aliphatic heterocycles. The molecule has 1 amide bonds. The van der Waals surface area contributed by atoms with Gasteiger partial charge in [-0.2, -0.15) is 0 Å². The van der Waals surface area contributed by atoms with E-state index in [-0.39, 0.29) is 17.6 Å². The van der Waals surface area contributed by atoms with Gasteiger partial charge in [-0.25, -0.2) is 0 Å². The third-order valence-electron chi connectivity index (χ3n) is 3.43. The van der Waals surface area contributed by atoms with E-state index >= 15 is 0 Å². The summed E-state index contributed by atoms with van der Waals surface area (Å²) in [5.74, 6) is 0.0240. The van der Waals surface area contributed by atoms with E-state index in [0.717, 1.165) is 5.56 Å². The van der Waals surface area contributed by atoms with E-state index in [1.165, 1.54) is 18.9 Å². The Hall–Kier alpha value is -2.18. The molecule has 138 valence electrons. The third-order valence-corrected chi connectivity index (χ3v) is 4.95. The number of carbonyl (C=O) groups excluding carboxylic acids is 2. The monoisotopic (exact) mass is 393 g/mol. The second-order valence-corrected chi connectivity index (χ2v) is 6.75.